The molecule has 0 N–H and O–H groups in total. The second-order valence-electron chi connectivity index (χ2n) is 4.83. The predicted molar refractivity (Wildman–Crippen MR) is 73.1 cm³/mol. The number of hydrogen-bond donors (Lipinski definition) is 0. The van der Waals surface area contributed by atoms with Crippen LogP contribution in [0, 0.1) is 5.92 Å². The minimum atomic E-state index is 0.213. The summed E-state index contributed by atoms with van der Waals surface area (Å²) in [6, 6.07) is 7.97. The van der Waals surface area contributed by atoms with E-state index in [0.29, 0.717) is 12.3 Å². The maximum Gasteiger partial charge on any atom is 0.166 e. The normalized spacial score (nSPS) is 18.8. The molecule has 3 nitrogen and oxygen atoms in total. The number of halogens is 1. The average Bonchev–Trinajstić information content (AvgIpc) is 2.72. The van der Waals surface area contributed by atoms with Gasteiger partial charge in [-0.2, -0.15) is 5.10 Å². The lowest BCUT2D eigenvalue weighted by Crippen LogP contribution is -2.19. The maximum absolute atomic E-state index is 11.9. The standard InChI is InChI=1S/C14H13BrN2O/c1-9-5-13-12(14(18)6-9)8-16-17(13)11-4-2-3-10(15)7-11/h2-4,7-9H,5-6H2,1H3/t9-/m1/s1. The molecule has 2 aromatic rings. The SMILES string of the molecule is C[C@H]1CC(=O)c2cnn(-c3cccc(Br)c3)c2C1. The Balaban J connectivity index is 2.12. The summed E-state index contributed by atoms with van der Waals surface area (Å²) < 4.78 is 2.90. The van der Waals surface area contributed by atoms with Crippen molar-refractivity contribution in [3.63, 3.8) is 0 Å². The highest BCUT2D eigenvalue weighted by Crippen LogP contribution is 2.27. The molecule has 0 fully saturated rings. The molecule has 1 aliphatic rings. The summed E-state index contributed by atoms with van der Waals surface area (Å²) in [7, 11) is 0. The lowest BCUT2D eigenvalue weighted by Gasteiger charge is -2.18. The van der Waals surface area contributed by atoms with Crippen LogP contribution in [0.5, 0.6) is 0 Å². The minimum absolute atomic E-state index is 0.213. The van der Waals surface area contributed by atoms with Crippen LogP contribution in [0.3, 0.4) is 0 Å². The molecule has 4 heteroatoms. The van der Waals surface area contributed by atoms with Gasteiger partial charge >= 0.3 is 0 Å². The van der Waals surface area contributed by atoms with Gasteiger partial charge in [-0.25, -0.2) is 4.68 Å². The first-order valence-corrected chi connectivity index (χ1v) is 6.80. The number of benzene rings is 1. The maximum atomic E-state index is 11.9. The summed E-state index contributed by atoms with van der Waals surface area (Å²) in [5.41, 5.74) is 2.82. The van der Waals surface area contributed by atoms with E-state index in [4.69, 9.17) is 0 Å². The van der Waals surface area contributed by atoms with Crippen molar-refractivity contribution < 1.29 is 4.79 Å². The highest BCUT2D eigenvalue weighted by Gasteiger charge is 2.26. The average molecular weight is 305 g/mol. The molecule has 1 aromatic carbocycles. The van der Waals surface area contributed by atoms with Crippen molar-refractivity contribution in [1.82, 2.24) is 9.78 Å². The first kappa shape index (κ1) is 11.7. The first-order chi connectivity index (χ1) is 8.65. The van der Waals surface area contributed by atoms with Gasteiger partial charge in [0.2, 0.25) is 0 Å². The molecule has 0 spiro atoms. The molecule has 0 saturated carbocycles. The molecule has 1 aliphatic carbocycles. The van der Waals surface area contributed by atoms with Crippen LogP contribution < -0.4 is 0 Å². The Morgan fingerprint density at radius 2 is 2.22 bits per heavy atom. The van der Waals surface area contributed by atoms with E-state index in [0.717, 1.165) is 27.8 Å². The fraction of sp³-hybridized carbons (Fsp3) is 0.286. The lowest BCUT2D eigenvalue weighted by molar-refractivity contribution is 0.0953. The van der Waals surface area contributed by atoms with E-state index in [1.54, 1.807) is 6.20 Å². The van der Waals surface area contributed by atoms with Crippen LogP contribution in [0.4, 0.5) is 0 Å². The Kier molecular flexibility index (Phi) is 2.82. The van der Waals surface area contributed by atoms with Gasteiger partial charge in [0, 0.05) is 10.9 Å². The van der Waals surface area contributed by atoms with E-state index in [1.165, 1.54) is 0 Å². The third kappa shape index (κ3) is 1.90. The number of nitrogens with zero attached hydrogens (tertiary/aromatic N) is 2. The molecule has 0 radical (unpaired) electrons. The van der Waals surface area contributed by atoms with E-state index < -0.39 is 0 Å². The smallest absolute Gasteiger partial charge is 0.166 e. The first-order valence-electron chi connectivity index (χ1n) is 6.01. The fourth-order valence-corrected chi connectivity index (χ4v) is 2.85. The Labute approximate surface area is 114 Å². The summed E-state index contributed by atoms with van der Waals surface area (Å²) in [5.74, 6) is 0.609. The number of carbonyl (C=O) groups excluding carboxylic acids is 1. The number of aromatic nitrogens is 2. The van der Waals surface area contributed by atoms with Crippen LogP contribution >= 0.6 is 15.9 Å². The number of rotatable bonds is 1. The molecule has 1 atom stereocenters. The molecule has 0 aliphatic heterocycles. The van der Waals surface area contributed by atoms with Gasteiger partial charge in [0.05, 0.1) is 23.1 Å². The summed E-state index contributed by atoms with van der Waals surface area (Å²) in [6.45, 7) is 2.11. The second-order valence-corrected chi connectivity index (χ2v) is 5.75. The Hall–Kier alpha value is -1.42. The molecule has 0 bridgehead atoms. The van der Waals surface area contributed by atoms with E-state index in [1.807, 2.05) is 28.9 Å². The largest absolute Gasteiger partial charge is 0.294 e. The molecular weight excluding hydrogens is 292 g/mol. The van der Waals surface area contributed by atoms with Crippen molar-refractivity contribution in [2.24, 2.45) is 5.92 Å². The van der Waals surface area contributed by atoms with Crippen LogP contribution in [-0.4, -0.2) is 15.6 Å². The molecule has 1 heterocycles. The monoisotopic (exact) mass is 304 g/mol. The lowest BCUT2D eigenvalue weighted by atomic mass is 9.88. The summed E-state index contributed by atoms with van der Waals surface area (Å²) >= 11 is 3.46. The van der Waals surface area contributed by atoms with Crippen LogP contribution in [0.2, 0.25) is 0 Å². The molecule has 3 rings (SSSR count). The van der Waals surface area contributed by atoms with Crippen molar-refractivity contribution in [2.75, 3.05) is 0 Å². The van der Waals surface area contributed by atoms with Crippen molar-refractivity contribution in [3.05, 3.63) is 46.2 Å². The number of fused-ring (bicyclic) bond motifs is 1. The van der Waals surface area contributed by atoms with E-state index in [2.05, 4.69) is 28.0 Å². The minimum Gasteiger partial charge on any atom is -0.294 e. The van der Waals surface area contributed by atoms with E-state index in [-0.39, 0.29) is 5.78 Å². The van der Waals surface area contributed by atoms with Gasteiger partial charge in [0.25, 0.3) is 0 Å². The third-order valence-electron chi connectivity index (χ3n) is 3.30. The topological polar surface area (TPSA) is 34.9 Å². The molecule has 0 unspecified atom stereocenters. The third-order valence-corrected chi connectivity index (χ3v) is 3.79. The molecule has 0 amide bonds. The van der Waals surface area contributed by atoms with Crippen molar-refractivity contribution >= 4 is 21.7 Å². The summed E-state index contributed by atoms with van der Waals surface area (Å²) in [5, 5.41) is 4.37. The highest BCUT2D eigenvalue weighted by molar-refractivity contribution is 9.10. The number of carbonyl (C=O) groups is 1. The van der Waals surface area contributed by atoms with Crippen molar-refractivity contribution in [2.45, 2.75) is 19.8 Å². The zero-order valence-electron chi connectivity index (χ0n) is 10.1. The molecule has 92 valence electrons. The highest BCUT2D eigenvalue weighted by atomic mass is 79.9. The molecule has 18 heavy (non-hydrogen) atoms. The van der Waals surface area contributed by atoms with E-state index in [9.17, 15) is 4.79 Å². The summed E-state index contributed by atoms with van der Waals surface area (Å²) in [4.78, 5) is 11.9. The van der Waals surface area contributed by atoms with Gasteiger partial charge in [0.1, 0.15) is 0 Å². The number of hydrogen-bond acceptors (Lipinski definition) is 2. The van der Waals surface area contributed by atoms with Gasteiger partial charge in [-0.15, -0.1) is 0 Å². The Bertz CT molecular complexity index is 618. The van der Waals surface area contributed by atoms with Crippen LogP contribution in [0.25, 0.3) is 5.69 Å². The zero-order valence-corrected chi connectivity index (χ0v) is 11.6. The van der Waals surface area contributed by atoms with E-state index >= 15 is 0 Å². The Morgan fingerprint density at radius 1 is 1.39 bits per heavy atom. The van der Waals surface area contributed by atoms with Gasteiger partial charge in [-0.05, 0) is 30.5 Å². The van der Waals surface area contributed by atoms with Crippen LogP contribution in [0.15, 0.2) is 34.9 Å². The second kappa shape index (κ2) is 4.35. The number of ketones is 1. The van der Waals surface area contributed by atoms with Gasteiger partial charge in [-0.1, -0.05) is 28.9 Å². The zero-order chi connectivity index (χ0) is 12.7. The molecule has 0 saturated heterocycles. The fourth-order valence-electron chi connectivity index (χ4n) is 2.46. The quantitative estimate of drug-likeness (QED) is 0.809. The van der Waals surface area contributed by atoms with Crippen molar-refractivity contribution in [3.8, 4) is 5.69 Å². The van der Waals surface area contributed by atoms with Crippen molar-refractivity contribution in [1.29, 1.82) is 0 Å². The molecule has 1 aromatic heterocycles. The predicted octanol–water partition coefficient (Wildman–Crippen LogP) is 3.40. The Morgan fingerprint density at radius 3 is 3.00 bits per heavy atom. The van der Waals surface area contributed by atoms with Gasteiger partial charge < -0.3 is 0 Å². The van der Waals surface area contributed by atoms with Crippen LogP contribution in [-0.2, 0) is 6.42 Å². The van der Waals surface area contributed by atoms with Gasteiger partial charge in [0.15, 0.2) is 5.78 Å². The number of Topliss-reactive ketones (excluding diaryl/α,β-unsaturated/α-hetero) is 1. The van der Waals surface area contributed by atoms with Gasteiger partial charge in [-0.3, -0.25) is 4.79 Å². The summed E-state index contributed by atoms with van der Waals surface area (Å²) in [6.07, 6.45) is 3.25. The molecular formula is C14H13BrN2O. The van der Waals surface area contributed by atoms with Crippen LogP contribution in [0.1, 0.15) is 29.4 Å².